The second kappa shape index (κ2) is 5.47. The van der Waals surface area contributed by atoms with Gasteiger partial charge in [-0.1, -0.05) is 25.4 Å². The zero-order chi connectivity index (χ0) is 11.4. The predicted octanol–water partition coefficient (Wildman–Crippen LogP) is 3.40. The van der Waals surface area contributed by atoms with Gasteiger partial charge < -0.3 is 5.73 Å². The van der Waals surface area contributed by atoms with Gasteiger partial charge in [-0.3, -0.25) is 0 Å². The van der Waals surface area contributed by atoms with Gasteiger partial charge in [0.25, 0.3) is 0 Å². The van der Waals surface area contributed by atoms with Crippen LogP contribution in [0.5, 0.6) is 0 Å². The average molecular weight is 230 g/mol. The maximum absolute atomic E-state index is 13.0. The van der Waals surface area contributed by atoms with Crippen LogP contribution in [-0.2, 0) is 6.42 Å². The molecular weight excluding hydrogens is 213 g/mol. The predicted molar refractivity (Wildman–Crippen MR) is 62.5 cm³/mol. The summed E-state index contributed by atoms with van der Waals surface area (Å²) in [6.45, 7) is 4.11. The van der Waals surface area contributed by atoms with Crippen molar-refractivity contribution in [2.75, 3.05) is 0 Å². The van der Waals surface area contributed by atoms with Crippen LogP contribution in [0.3, 0.4) is 0 Å². The third-order valence-electron chi connectivity index (χ3n) is 2.75. The third-order valence-corrected chi connectivity index (χ3v) is 3.12. The van der Waals surface area contributed by atoms with Gasteiger partial charge in [-0.15, -0.1) is 0 Å². The van der Waals surface area contributed by atoms with Crippen molar-refractivity contribution in [3.8, 4) is 0 Å². The molecule has 0 aliphatic carbocycles. The molecule has 1 nitrogen and oxygen atoms in total. The summed E-state index contributed by atoms with van der Waals surface area (Å²) < 4.78 is 13.0. The number of hydrogen-bond donors (Lipinski definition) is 1. The van der Waals surface area contributed by atoms with Crippen LogP contribution in [0.2, 0.25) is 5.02 Å². The highest BCUT2D eigenvalue weighted by Gasteiger charge is 2.13. The molecule has 0 aliphatic heterocycles. The first-order valence-electron chi connectivity index (χ1n) is 5.24. The topological polar surface area (TPSA) is 26.0 Å². The summed E-state index contributed by atoms with van der Waals surface area (Å²) in [6.07, 6.45) is 1.65. The van der Waals surface area contributed by atoms with E-state index in [1.165, 1.54) is 12.1 Å². The van der Waals surface area contributed by atoms with E-state index in [0.29, 0.717) is 10.9 Å². The Morgan fingerprint density at radius 2 is 2.13 bits per heavy atom. The molecule has 0 spiro atoms. The average Bonchev–Trinajstić information content (AvgIpc) is 2.22. The quantitative estimate of drug-likeness (QED) is 0.842. The van der Waals surface area contributed by atoms with E-state index in [0.717, 1.165) is 18.4 Å². The Morgan fingerprint density at radius 3 is 2.73 bits per heavy atom. The second-order valence-electron chi connectivity index (χ2n) is 3.99. The van der Waals surface area contributed by atoms with Gasteiger partial charge in [0.05, 0.1) is 0 Å². The molecule has 0 amide bonds. The molecule has 1 aromatic rings. The van der Waals surface area contributed by atoms with Crippen molar-refractivity contribution in [3.05, 3.63) is 34.6 Å². The molecule has 0 heterocycles. The minimum atomic E-state index is -0.244. The lowest BCUT2D eigenvalue weighted by molar-refractivity contribution is 0.441. The largest absolute Gasteiger partial charge is 0.327 e. The van der Waals surface area contributed by atoms with Crippen molar-refractivity contribution in [2.45, 2.75) is 32.7 Å². The summed E-state index contributed by atoms with van der Waals surface area (Å²) in [5, 5.41) is 0.617. The summed E-state index contributed by atoms with van der Waals surface area (Å²) in [7, 11) is 0. The van der Waals surface area contributed by atoms with E-state index in [2.05, 4.69) is 6.92 Å². The van der Waals surface area contributed by atoms with E-state index in [-0.39, 0.29) is 11.9 Å². The molecule has 0 bridgehead atoms. The van der Waals surface area contributed by atoms with Crippen molar-refractivity contribution in [1.29, 1.82) is 0 Å². The maximum atomic E-state index is 13.0. The van der Waals surface area contributed by atoms with Gasteiger partial charge in [0, 0.05) is 11.1 Å². The van der Waals surface area contributed by atoms with Gasteiger partial charge >= 0.3 is 0 Å². The monoisotopic (exact) mass is 229 g/mol. The fraction of sp³-hybridized carbons (Fsp3) is 0.500. The number of hydrogen-bond acceptors (Lipinski definition) is 1. The molecule has 15 heavy (non-hydrogen) atoms. The Bertz CT molecular complexity index is 327. The smallest absolute Gasteiger partial charge is 0.123 e. The lowest BCUT2D eigenvalue weighted by atomic mass is 9.93. The summed E-state index contributed by atoms with van der Waals surface area (Å²) >= 11 is 5.98. The van der Waals surface area contributed by atoms with E-state index in [1.807, 2.05) is 6.92 Å². The first-order chi connectivity index (χ1) is 7.04. The standard InChI is InChI=1S/C12H17ClFN/c1-3-12(15)8(2)6-9-7-10(14)4-5-11(9)13/h4-5,7-8,12H,3,6,15H2,1-2H3. The Morgan fingerprint density at radius 1 is 1.47 bits per heavy atom. The van der Waals surface area contributed by atoms with Crippen LogP contribution >= 0.6 is 11.6 Å². The molecular formula is C12H17ClFN. The van der Waals surface area contributed by atoms with Gasteiger partial charge in [-0.25, -0.2) is 4.39 Å². The van der Waals surface area contributed by atoms with E-state index >= 15 is 0 Å². The number of rotatable bonds is 4. The SMILES string of the molecule is CCC(N)C(C)Cc1cc(F)ccc1Cl. The third kappa shape index (κ3) is 3.47. The molecule has 1 aromatic carbocycles. The highest BCUT2D eigenvalue weighted by atomic mass is 35.5. The Balaban J connectivity index is 2.75. The van der Waals surface area contributed by atoms with Crippen molar-refractivity contribution in [1.82, 2.24) is 0 Å². The fourth-order valence-electron chi connectivity index (χ4n) is 1.60. The first-order valence-corrected chi connectivity index (χ1v) is 5.62. The van der Waals surface area contributed by atoms with Gasteiger partial charge in [0.15, 0.2) is 0 Å². The van der Waals surface area contributed by atoms with E-state index in [1.54, 1.807) is 6.07 Å². The van der Waals surface area contributed by atoms with Crippen LogP contribution in [0.25, 0.3) is 0 Å². The van der Waals surface area contributed by atoms with Crippen molar-refractivity contribution in [3.63, 3.8) is 0 Å². The molecule has 0 aliphatic rings. The highest BCUT2D eigenvalue weighted by Crippen LogP contribution is 2.21. The zero-order valence-corrected chi connectivity index (χ0v) is 9.89. The number of benzene rings is 1. The molecule has 84 valence electrons. The van der Waals surface area contributed by atoms with Crippen LogP contribution in [-0.4, -0.2) is 6.04 Å². The molecule has 0 saturated carbocycles. The van der Waals surface area contributed by atoms with Gasteiger partial charge in [-0.05, 0) is 42.5 Å². The minimum absolute atomic E-state index is 0.143. The number of halogens is 2. The van der Waals surface area contributed by atoms with Crippen molar-refractivity contribution < 1.29 is 4.39 Å². The number of nitrogens with two attached hydrogens (primary N) is 1. The van der Waals surface area contributed by atoms with Crippen LogP contribution in [0.15, 0.2) is 18.2 Å². The van der Waals surface area contributed by atoms with Crippen LogP contribution in [0.4, 0.5) is 4.39 Å². The molecule has 1 rings (SSSR count). The minimum Gasteiger partial charge on any atom is -0.327 e. The molecule has 3 heteroatoms. The summed E-state index contributed by atoms with van der Waals surface area (Å²) in [5.74, 6) is 0.0703. The Kier molecular flexibility index (Phi) is 4.55. The van der Waals surface area contributed by atoms with E-state index in [4.69, 9.17) is 17.3 Å². The molecule has 2 N–H and O–H groups in total. The summed E-state index contributed by atoms with van der Waals surface area (Å²) in [4.78, 5) is 0. The van der Waals surface area contributed by atoms with Gasteiger partial charge in [0.2, 0.25) is 0 Å². The van der Waals surface area contributed by atoms with Crippen molar-refractivity contribution in [2.24, 2.45) is 11.7 Å². The fourth-order valence-corrected chi connectivity index (χ4v) is 1.80. The lowest BCUT2D eigenvalue weighted by Crippen LogP contribution is -2.28. The van der Waals surface area contributed by atoms with Gasteiger partial charge in [0.1, 0.15) is 5.82 Å². The normalized spacial score (nSPS) is 15.0. The molecule has 0 saturated heterocycles. The van der Waals surface area contributed by atoms with E-state index < -0.39 is 0 Å². The van der Waals surface area contributed by atoms with Crippen LogP contribution in [0, 0.1) is 11.7 Å². The second-order valence-corrected chi connectivity index (χ2v) is 4.40. The zero-order valence-electron chi connectivity index (χ0n) is 9.13. The molecule has 2 atom stereocenters. The van der Waals surface area contributed by atoms with Gasteiger partial charge in [-0.2, -0.15) is 0 Å². The first kappa shape index (κ1) is 12.5. The summed E-state index contributed by atoms with van der Waals surface area (Å²) in [5.41, 5.74) is 6.76. The lowest BCUT2D eigenvalue weighted by Gasteiger charge is -2.18. The van der Waals surface area contributed by atoms with Crippen LogP contribution in [0.1, 0.15) is 25.8 Å². The Labute approximate surface area is 95.4 Å². The van der Waals surface area contributed by atoms with Crippen molar-refractivity contribution >= 4 is 11.6 Å². The van der Waals surface area contributed by atoms with Crippen LogP contribution < -0.4 is 5.73 Å². The molecule has 0 aromatic heterocycles. The summed E-state index contributed by atoms with van der Waals surface area (Å²) in [6, 6.07) is 4.60. The molecule has 0 radical (unpaired) electrons. The molecule has 2 unspecified atom stereocenters. The Hall–Kier alpha value is -0.600. The molecule has 0 fully saturated rings. The maximum Gasteiger partial charge on any atom is 0.123 e. The van der Waals surface area contributed by atoms with E-state index in [9.17, 15) is 4.39 Å². The highest BCUT2D eigenvalue weighted by molar-refractivity contribution is 6.31.